The van der Waals surface area contributed by atoms with Crippen LogP contribution in [-0.2, 0) is 11.3 Å². The summed E-state index contributed by atoms with van der Waals surface area (Å²) in [6, 6.07) is 14.9. The Kier molecular flexibility index (Phi) is 7.05. The first-order valence-corrected chi connectivity index (χ1v) is 11.5. The highest BCUT2D eigenvalue weighted by molar-refractivity contribution is 5.71. The van der Waals surface area contributed by atoms with Gasteiger partial charge in [0.05, 0.1) is 32.0 Å². The molecule has 2 aromatic rings. The molecule has 0 spiro atoms. The minimum Gasteiger partial charge on any atom is -0.496 e. The number of ether oxygens (including phenoxy) is 3. The Morgan fingerprint density at radius 3 is 2.69 bits per heavy atom. The summed E-state index contributed by atoms with van der Waals surface area (Å²) in [5, 5.41) is 10.1. The molecule has 0 bridgehead atoms. The molecule has 2 fully saturated rings. The lowest BCUT2D eigenvalue weighted by Gasteiger charge is -2.33. The van der Waals surface area contributed by atoms with Gasteiger partial charge in [0.1, 0.15) is 11.5 Å². The fourth-order valence-corrected chi connectivity index (χ4v) is 4.61. The number of methoxy groups -OCH3 is 1. The number of para-hydroxylation sites is 1. The second-order valence-corrected chi connectivity index (χ2v) is 9.58. The lowest BCUT2D eigenvalue weighted by molar-refractivity contribution is -0.0370. The van der Waals surface area contributed by atoms with Crippen molar-refractivity contribution in [2.24, 2.45) is 0 Å². The predicted molar refractivity (Wildman–Crippen MR) is 126 cm³/mol. The Hall–Kier alpha value is -2.12. The third-order valence-electron chi connectivity index (χ3n) is 6.50. The van der Waals surface area contributed by atoms with Crippen molar-refractivity contribution >= 4 is 0 Å². The number of benzene rings is 2. The maximum Gasteiger partial charge on any atom is 0.126 e. The molecule has 174 valence electrons. The van der Waals surface area contributed by atoms with Crippen LogP contribution >= 0.6 is 0 Å². The molecule has 0 aromatic heterocycles. The lowest BCUT2D eigenvalue weighted by Crippen LogP contribution is -2.48. The number of rotatable bonds is 8. The summed E-state index contributed by atoms with van der Waals surface area (Å²) in [6.07, 6.45) is 0.846. The maximum absolute atomic E-state index is 10.1. The molecular weight excluding hydrogens is 404 g/mol. The van der Waals surface area contributed by atoms with Gasteiger partial charge in [0.15, 0.2) is 0 Å². The standard InChI is InChI=1S/C26H36N2O4/c1-26(2,29)11-13-31-23-10-9-19(21-7-5-6-8-24(21)30-4)15-20(23)16-28-17-22-25(18-28)32-14-12-27(22)3/h5-10,15,22,25,29H,11-14,16-18H2,1-4H3/t22-,25-/m0/s1. The molecule has 1 N–H and O–H groups in total. The van der Waals surface area contributed by atoms with Gasteiger partial charge in [0.25, 0.3) is 0 Å². The van der Waals surface area contributed by atoms with Gasteiger partial charge in [-0.3, -0.25) is 9.80 Å². The summed E-state index contributed by atoms with van der Waals surface area (Å²) in [5.74, 6) is 1.73. The van der Waals surface area contributed by atoms with Crippen molar-refractivity contribution in [2.45, 2.75) is 44.6 Å². The SMILES string of the molecule is COc1ccccc1-c1ccc(OCCC(C)(C)O)c(CN2C[C@@H]3OCCN(C)[C@H]3C2)c1. The van der Waals surface area contributed by atoms with Crippen LogP contribution in [0.1, 0.15) is 25.8 Å². The highest BCUT2D eigenvalue weighted by Crippen LogP contribution is 2.34. The van der Waals surface area contributed by atoms with Gasteiger partial charge >= 0.3 is 0 Å². The first-order valence-electron chi connectivity index (χ1n) is 11.5. The van der Waals surface area contributed by atoms with E-state index in [0.29, 0.717) is 19.1 Å². The van der Waals surface area contributed by atoms with Crippen molar-refractivity contribution in [2.75, 3.05) is 47.0 Å². The molecular formula is C26H36N2O4. The predicted octanol–water partition coefficient (Wildman–Crippen LogP) is 3.42. The first-order chi connectivity index (χ1) is 15.3. The molecule has 6 nitrogen and oxygen atoms in total. The van der Waals surface area contributed by atoms with Crippen molar-refractivity contribution in [1.82, 2.24) is 9.80 Å². The molecule has 0 radical (unpaired) electrons. The smallest absolute Gasteiger partial charge is 0.126 e. The summed E-state index contributed by atoms with van der Waals surface area (Å²) in [6.45, 7) is 8.60. The quantitative estimate of drug-likeness (QED) is 0.679. The van der Waals surface area contributed by atoms with E-state index in [0.717, 1.165) is 61.0 Å². The van der Waals surface area contributed by atoms with E-state index >= 15 is 0 Å². The van der Waals surface area contributed by atoms with Gasteiger partial charge in [0.2, 0.25) is 0 Å². The Bertz CT molecular complexity index is 911. The van der Waals surface area contributed by atoms with Gasteiger partial charge in [-0.2, -0.15) is 0 Å². The van der Waals surface area contributed by atoms with Crippen molar-refractivity contribution in [3.8, 4) is 22.6 Å². The van der Waals surface area contributed by atoms with Crippen LogP contribution in [0.2, 0.25) is 0 Å². The van der Waals surface area contributed by atoms with E-state index in [1.165, 1.54) is 0 Å². The molecule has 2 atom stereocenters. The molecule has 0 unspecified atom stereocenters. The van der Waals surface area contributed by atoms with E-state index in [2.05, 4.69) is 35.0 Å². The van der Waals surface area contributed by atoms with Crippen molar-refractivity contribution in [1.29, 1.82) is 0 Å². The van der Waals surface area contributed by atoms with Crippen molar-refractivity contribution < 1.29 is 19.3 Å². The van der Waals surface area contributed by atoms with Crippen LogP contribution < -0.4 is 9.47 Å². The van der Waals surface area contributed by atoms with Gasteiger partial charge in [-0.1, -0.05) is 24.3 Å². The first kappa shape index (κ1) is 23.1. The number of hydrogen-bond acceptors (Lipinski definition) is 6. The summed E-state index contributed by atoms with van der Waals surface area (Å²) < 4.78 is 17.8. The third-order valence-corrected chi connectivity index (χ3v) is 6.50. The van der Waals surface area contributed by atoms with Crippen LogP contribution in [0.15, 0.2) is 42.5 Å². The number of aliphatic hydroxyl groups is 1. The van der Waals surface area contributed by atoms with Crippen LogP contribution in [0.5, 0.6) is 11.5 Å². The molecule has 4 rings (SSSR count). The minimum absolute atomic E-state index is 0.269. The van der Waals surface area contributed by atoms with E-state index in [1.54, 1.807) is 7.11 Å². The zero-order valence-electron chi connectivity index (χ0n) is 19.7. The zero-order valence-corrected chi connectivity index (χ0v) is 19.7. The van der Waals surface area contributed by atoms with Gasteiger partial charge in [-0.15, -0.1) is 0 Å². The molecule has 0 amide bonds. The Morgan fingerprint density at radius 2 is 1.94 bits per heavy atom. The third kappa shape index (κ3) is 5.44. The van der Waals surface area contributed by atoms with Gasteiger partial charge in [-0.25, -0.2) is 0 Å². The molecule has 32 heavy (non-hydrogen) atoms. The molecule has 2 aromatic carbocycles. The number of nitrogens with zero attached hydrogens (tertiary/aromatic N) is 2. The summed E-state index contributed by atoms with van der Waals surface area (Å²) >= 11 is 0. The largest absolute Gasteiger partial charge is 0.496 e. The lowest BCUT2D eigenvalue weighted by atomic mass is 10.0. The van der Waals surface area contributed by atoms with Gasteiger partial charge in [-0.05, 0) is 44.7 Å². The average Bonchev–Trinajstić information content (AvgIpc) is 3.18. The van der Waals surface area contributed by atoms with Crippen LogP contribution in [0.3, 0.4) is 0 Å². The fraction of sp³-hybridized carbons (Fsp3) is 0.538. The Morgan fingerprint density at radius 1 is 1.12 bits per heavy atom. The van der Waals surface area contributed by atoms with Crippen LogP contribution in [-0.4, -0.2) is 79.7 Å². The summed E-state index contributed by atoms with van der Waals surface area (Å²) in [5.41, 5.74) is 2.57. The second kappa shape index (κ2) is 9.79. The van der Waals surface area contributed by atoms with E-state index in [9.17, 15) is 5.11 Å². The van der Waals surface area contributed by atoms with Gasteiger partial charge < -0.3 is 19.3 Å². The molecule has 2 heterocycles. The highest BCUT2D eigenvalue weighted by Gasteiger charge is 2.38. The Balaban J connectivity index is 1.58. The van der Waals surface area contributed by atoms with Crippen LogP contribution in [0, 0.1) is 0 Å². The molecule has 2 aliphatic heterocycles. The fourth-order valence-electron chi connectivity index (χ4n) is 4.61. The summed E-state index contributed by atoms with van der Waals surface area (Å²) in [4.78, 5) is 4.88. The number of morpholine rings is 1. The number of likely N-dealkylation sites (tertiary alicyclic amines) is 1. The zero-order chi connectivity index (χ0) is 22.7. The molecule has 0 saturated carbocycles. The molecule has 0 aliphatic carbocycles. The molecule has 6 heteroatoms. The van der Waals surface area contributed by atoms with Crippen molar-refractivity contribution in [3.63, 3.8) is 0 Å². The normalized spacial score (nSPS) is 22.0. The maximum atomic E-state index is 10.1. The van der Waals surface area contributed by atoms with Crippen LogP contribution in [0.4, 0.5) is 0 Å². The monoisotopic (exact) mass is 440 g/mol. The number of fused-ring (bicyclic) bond motifs is 1. The van der Waals surface area contributed by atoms with Crippen LogP contribution in [0.25, 0.3) is 11.1 Å². The topological polar surface area (TPSA) is 54.4 Å². The highest BCUT2D eigenvalue weighted by atomic mass is 16.5. The molecule has 2 aliphatic rings. The van der Waals surface area contributed by atoms with E-state index < -0.39 is 5.60 Å². The second-order valence-electron chi connectivity index (χ2n) is 9.58. The average molecular weight is 441 g/mol. The number of hydrogen-bond donors (Lipinski definition) is 1. The minimum atomic E-state index is -0.746. The molecule has 2 saturated heterocycles. The van der Waals surface area contributed by atoms with Gasteiger partial charge in [0, 0.05) is 49.8 Å². The number of likely N-dealkylation sites (N-methyl/N-ethyl adjacent to an activating group) is 1. The van der Waals surface area contributed by atoms with E-state index in [4.69, 9.17) is 14.2 Å². The summed E-state index contributed by atoms with van der Waals surface area (Å²) in [7, 11) is 3.90. The van der Waals surface area contributed by atoms with E-state index in [1.807, 2.05) is 38.1 Å². The van der Waals surface area contributed by atoms with Crippen molar-refractivity contribution in [3.05, 3.63) is 48.0 Å². The van der Waals surface area contributed by atoms with E-state index in [-0.39, 0.29) is 6.10 Å². The Labute approximate surface area is 191 Å².